The van der Waals surface area contributed by atoms with Crippen molar-refractivity contribution < 1.29 is 19.0 Å². The maximum absolute atomic E-state index is 11.8. The van der Waals surface area contributed by atoms with Gasteiger partial charge in [0.05, 0.1) is 12.7 Å². The van der Waals surface area contributed by atoms with Crippen molar-refractivity contribution in [2.45, 2.75) is 31.7 Å². The highest BCUT2D eigenvalue weighted by Crippen LogP contribution is 2.30. The number of fused-ring (bicyclic) bond motifs is 1. The molecule has 144 valence electrons. The number of methoxy groups -OCH3 is 2. The first kappa shape index (κ1) is 19.4. The summed E-state index contributed by atoms with van der Waals surface area (Å²) in [4.78, 5) is 11.8. The van der Waals surface area contributed by atoms with Crippen molar-refractivity contribution in [3.8, 4) is 5.75 Å². The number of nitrogens with one attached hydrogen (secondary N) is 1. The summed E-state index contributed by atoms with van der Waals surface area (Å²) >= 11 is 0. The fraction of sp³-hybridized carbons (Fsp3) is 0.409. The first-order chi connectivity index (χ1) is 13.2. The van der Waals surface area contributed by atoms with Crippen molar-refractivity contribution >= 4 is 5.97 Å². The lowest BCUT2D eigenvalue weighted by Crippen LogP contribution is -2.27. The molecular formula is C22H27NO4. The van der Waals surface area contributed by atoms with E-state index in [1.165, 1.54) is 23.8 Å². The number of ether oxygens (including phenoxy) is 3. The average Bonchev–Trinajstić information content (AvgIpc) is 2.72. The van der Waals surface area contributed by atoms with Gasteiger partial charge in [0.15, 0.2) is 6.79 Å². The van der Waals surface area contributed by atoms with Crippen LogP contribution in [0.25, 0.3) is 0 Å². The Hall–Kier alpha value is -2.37. The summed E-state index contributed by atoms with van der Waals surface area (Å²) in [6.45, 7) is 1.11. The van der Waals surface area contributed by atoms with Crippen LogP contribution >= 0.6 is 0 Å². The number of aryl methyl sites for hydroxylation is 1. The number of hydrogen-bond acceptors (Lipinski definition) is 5. The molecule has 0 aromatic heterocycles. The Labute approximate surface area is 160 Å². The summed E-state index contributed by atoms with van der Waals surface area (Å²) in [5.41, 5.74) is 4.32. The zero-order chi connectivity index (χ0) is 19.1. The molecule has 0 saturated carbocycles. The van der Waals surface area contributed by atoms with Gasteiger partial charge < -0.3 is 19.5 Å². The molecule has 2 aromatic carbocycles. The second-order valence-corrected chi connectivity index (χ2v) is 6.71. The summed E-state index contributed by atoms with van der Waals surface area (Å²) in [6, 6.07) is 14.3. The van der Waals surface area contributed by atoms with Crippen molar-refractivity contribution in [3.63, 3.8) is 0 Å². The fourth-order valence-corrected chi connectivity index (χ4v) is 3.63. The number of para-hydroxylation sites is 1. The molecule has 1 unspecified atom stereocenters. The van der Waals surface area contributed by atoms with E-state index in [1.807, 2.05) is 30.3 Å². The second kappa shape index (κ2) is 9.53. The van der Waals surface area contributed by atoms with E-state index >= 15 is 0 Å². The summed E-state index contributed by atoms with van der Waals surface area (Å²) in [6.07, 6.45) is 4.10. The highest BCUT2D eigenvalue weighted by Gasteiger charge is 2.21. The number of rotatable bonds is 8. The van der Waals surface area contributed by atoms with E-state index in [2.05, 4.69) is 17.4 Å². The molecule has 2 aromatic rings. The Balaban J connectivity index is 1.63. The lowest BCUT2D eigenvalue weighted by Gasteiger charge is -2.27. The van der Waals surface area contributed by atoms with Crippen LogP contribution in [0.3, 0.4) is 0 Å². The van der Waals surface area contributed by atoms with E-state index in [4.69, 9.17) is 14.2 Å². The van der Waals surface area contributed by atoms with Crippen LogP contribution in [0.4, 0.5) is 0 Å². The number of hydrogen-bond donors (Lipinski definition) is 1. The van der Waals surface area contributed by atoms with Crippen molar-refractivity contribution in [2.24, 2.45) is 0 Å². The molecule has 27 heavy (non-hydrogen) atoms. The molecule has 1 aliphatic carbocycles. The molecule has 0 spiro atoms. The average molecular weight is 369 g/mol. The van der Waals surface area contributed by atoms with Crippen molar-refractivity contribution in [1.82, 2.24) is 5.32 Å². The van der Waals surface area contributed by atoms with Gasteiger partial charge in [-0.3, -0.25) is 0 Å². The summed E-state index contributed by atoms with van der Waals surface area (Å²) in [7, 11) is 3.04. The number of benzene rings is 2. The molecule has 0 bridgehead atoms. The van der Waals surface area contributed by atoms with Gasteiger partial charge in [-0.1, -0.05) is 24.3 Å². The quantitative estimate of drug-likeness (QED) is 0.568. The Bertz CT molecular complexity index is 775. The van der Waals surface area contributed by atoms with Crippen molar-refractivity contribution in [3.05, 3.63) is 64.7 Å². The largest absolute Gasteiger partial charge is 0.467 e. The molecule has 1 aliphatic rings. The molecule has 5 heteroatoms. The van der Waals surface area contributed by atoms with E-state index in [0.717, 1.165) is 38.0 Å². The highest BCUT2D eigenvalue weighted by atomic mass is 16.7. The molecule has 0 fully saturated rings. The first-order valence-electron chi connectivity index (χ1n) is 9.37. The Morgan fingerprint density at radius 2 is 2.04 bits per heavy atom. The normalized spacial score (nSPS) is 15.9. The molecular weight excluding hydrogens is 342 g/mol. The van der Waals surface area contributed by atoms with Gasteiger partial charge in [-0.05, 0) is 67.1 Å². The molecule has 0 saturated heterocycles. The molecule has 0 radical (unpaired) electrons. The summed E-state index contributed by atoms with van der Waals surface area (Å²) in [5, 5.41) is 3.67. The minimum absolute atomic E-state index is 0.253. The van der Waals surface area contributed by atoms with E-state index in [-0.39, 0.29) is 12.8 Å². The first-order valence-corrected chi connectivity index (χ1v) is 9.37. The van der Waals surface area contributed by atoms with Crippen LogP contribution in [-0.2, 0) is 22.3 Å². The van der Waals surface area contributed by atoms with Crippen LogP contribution < -0.4 is 10.1 Å². The van der Waals surface area contributed by atoms with Gasteiger partial charge in [-0.25, -0.2) is 4.79 Å². The van der Waals surface area contributed by atoms with Gasteiger partial charge >= 0.3 is 5.97 Å². The van der Waals surface area contributed by atoms with Crippen LogP contribution in [0.15, 0.2) is 42.5 Å². The molecule has 0 heterocycles. The van der Waals surface area contributed by atoms with Crippen LogP contribution in [0.5, 0.6) is 5.75 Å². The zero-order valence-corrected chi connectivity index (χ0v) is 16.0. The van der Waals surface area contributed by atoms with E-state index in [0.29, 0.717) is 11.6 Å². The predicted molar refractivity (Wildman–Crippen MR) is 104 cm³/mol. The third-order valence-corrected chi connectivity index (χ3v) is 4.97. The SMILES string of the molecule is COCOc1ccccc1CCNC1CCCc2cc(C(=O)OC)ccc21. The van der Waals surface area contributed by atoms with Crippen molar-refractivity contribution in [2.75, 3.05) is 27.6 Å². The third kappa shape index (κ3) is 4.87. The Morgan fingerprint density at radius 3 is 2.85 bits per heavy atom. The topological polar surface area (TPSA) is 56.8 Å². The van der Waals surface area contributed by atoms with Crippen LogP contribution in [-0.4, -0.2) is 33.5 Å². The molecule has 0 amide bonds. The zero-order valence-electron chi connectivity index (χ0n) is 16.0. The minimum Gasteiger partial charge on any atom is -0.467 e. The molecule has 5 nitrogen and oxygen atoms in total. The highest BCUT2D eigenvalue weighted by molar-refractivity contribution is 5.89. The van der Waals surface area contributed by atoms with Gasteiger partial charge in [0.1, 0.15) is 5.75 Å². The fourth-order valence-electron chi connectivity index (χ4n) is 3.63. The van der Waals surface area contributed by atoms with Gasteiger partial charge in [0.25, 0.3) is 0 Å². The number of carbonyl (C=O) groups excluding carboxylic acids is 1. The Kier molecular flexibility index (Phi) is 6.85. The smallest absolute Gasteiger partial charge is 0.337 e. The van der Waals surface area contributed by atoms with Gasteiger partial charge in [-0.2, -0.15) is 0 Å². The van der Waals surface area contributed by atoms with Gasteiger partial charge in [-0.15, -0.1) is 0 Å². The van der Waals surface area contributed by atoms with Gasteiger partial charge in [0, 0.05) is 13.2 Å². The van der Waals surface area contributed by atoms with E-state index in [1.54, 1.807) is 7.11 Å². The maximum Gasteiger partial charge on any atom is 0.337 e. The minimum atomic E-state index is -0.277. The number of carbonyl (C=O) groups is 1. The molecule has 3 rings (SSSR count). The molecule has 1 atom stereocenters. The van der Waals surface area contributed by atoms with E-state index in [9.17, 15) is 4.79 Å². The monoisotopic (exact) mass is 369 g/mol. The van der Waals surface area contributed by atoms with Crippen LogP contribution in [0.2, 0.25) is 0 Å². The van der Waals surface area contributed by atoms with Crippen molar-refractivity contribution in [1.29, 1.82) is 0 Å². The van der Waals surface area contributed by atoms with Crippen LogP contribution in [0, 0.1) is 0 Å². The standard InChI is InChI=1S/C22H27NO4/c1-25-15-27-21-9-4-3-6-16(21)12-13-23-20-8-5-7-17-14-18(22(24)26-2)10-11-19(17)20/h3-4,6,9-11,14,20,23H,5,7-8,12-13,15H2,1-2H3. The Morgan fingerprint density at radius 1 is 1.19 bits per heavy atom. The number of esters is 1. The van der Waals surface area contributed by atoms with E-state index < -0.39 is 0 Å². The third-order valence-electron chi connectivity index (χ3n) is 4.97. The molecule has 0 aliphatic heterocycles. The summed E-state index contributed by atoms with van der Waals surface area (Å²) < 4.78 is 15.5. The molecule has 1 N–H and O–H groups in total. The summed E-state index contributed by atoms with van der Waals surface area (Å²) in [5.74, 6) is 0.591. The predicted octanol–water partition coefficient (Wildman–Crippen LogP) is 3.67. The lowest BCUT2D eigenvalue weighted by atomic mass is 9.86. The van der Waals surface area contributed by atoms with Crippen LogP contribution in [0.1, 0.15) is 45.9 Å². The van der Waals surface area contributed by atoms with Gasteiger partial charge in [0.2, 0.25) is 0 Å². The second-order valence-electron chi connectivity index (χ2n) is 6.71. The maximum atomic E-state index is 11.8. The lowest BCUT2D eigenvalue weighted by molar-refractivity contribution is 0.0504.